The molecule has 1 aromatic carbocycles. The first-order valence-corrected chi connectivity index (χ1v) is 7.20. The van der Waals surface area contributed by atoms with Crippen LogP contribution in [0.5, 0.6) is 0 Å². The Morgan fingerprint density at radius 3 is 2.37 bits per heavy atom. The molecule has 0 saturated carbocycles. The van der Waals surface area contributed by atoms with Crippen LogP contribution in [0.25, 0.3) is 0 Å². The van der Waals surface area contributed by atoms with E-state index in [1.165, 1.54) is 7.05 Å². The molecule has 0 fully saturated rings. The zero-order chi connectivity index (χ0) is 14.7. The maximum atomic E-state index is 10.5. The fraction of sp³-hybridized carbons (Fsp3) is 0.385. The van der Waals surface area contributed by atoms with Gasteiger partial charge in [0.15, 0.2) is 0 Å². The minimum atomic E-state index is -0.553. The second kappa shape index (κ2) is 9.69. The van der Waals surface area contributed by atoms with Gasteiger partial charge in [0.2, 0.25) is 0 Å². The highest BCUT2D eigenvalue weighted by Crippen LogP contribution is 2.17. The van der Waals surface area contributed by atoms with Gasteiger partial charge in [-0.25, -0.2) is 4.79 Å². The molecule has 19 heavy (non-hydrogen) atoms. The van der Waals surface area contributed by atoms with Gasteiger partial charge in [-0.05, 0) is 32.2 Å². The van der Waals surface area contributed by atoms with Crippen LogP contribution < -0.4 is 5.32 Å². The fourth-order valence-corrected chi connectivity index (χ4v) is 1.01. The normalized spacial score (nSPS) is 10.6. The number of carbonyl (C=O) groups excluding carboxylic acids is 1. The van der Waals surface area contributed by atoms with E-state index in [0.29, 0.717) is 0 Å². The maximum Gasteiger partial charge on any atom is 0.433 e. The number of halogens is 1. The summed E-state index contributed by atoms with van der Waals surface area (Å²) in [4.78, 5) is 15.0. The Balaban J connectivity index is 0.000000388. The molecule has 0 aliphatic rings. The second-order valence-corrected chi connectivity index (χ2v) is 5.86. The third-order valence-corrected chi connectivity index (χ3v) is 3.37. The molecule has 0 aromatic heterocycles. The van der Waals surface area contributed by atoms with Crippen molar-refractivity contribution < 1.29 is 9.63 Å². The van der Waals surface area contributed by atoms with Crippen molar-refractivity contribution >= 4 is 35.7 Å². The summed E-state index contributed by atoms with van der Waals surface area (Å²) in [7, 11) is 1.48. The van der Waals surface area contributed by atoms with Crippen molar-refractivity contribution in [3.63, 3.8) is 0 Å². The van der Waals surface area contributed by atoms with Crippen molar-refractivity contribution in [3.05, 3.63) is 35.4 Å². The number of oxime groups is 1. The quantitative estimate of drug-likeness (QED) is 0.525. The van der Waals surface area contributed by atoms with E-state index in [0.717, 1.165) is 5.02 Å². The summed E-state index contributed by atoms with van der Waals surface area (Å²) in [6, 6.07) is 9.44. The molecule has 0 unspecified atom stereocenters. The van der Waals surface area contributed by atoms with Crippen molar-refractivity contribution in [1.82, 2.24) is 5.32 Å². The van der Waals surface area contributed by atoms with Gasteiger partial charge in [0.1, 0.15) is 0 Å². The fourth-order valence-electron chi connectivity index (χ4n) is 0.714. The third kappa shape index (κ3) is 10.4. The monoisotopic (exact) mass is 302 g/mol. The van der Waals surface area contributed by atoms with Crippen LogP contribution in [0.4, 0.5) is 4.79 Å². The maximum absolute atomic E-state index is 10.5. The lowest BCUT2D eigenvalue weighted by Gasteiger charge is -2.13. The number of amides is 1. The number of rotatable bonds is 3. The Morgan fingerprint density at radius 2 is 2.00 bits per heavy atom. The summed E-state index contributed by atoms with van der Waals surface area (Å²) in [6.07, 6.45) is 3.00. The van der Waals surface area contributed by atoms with E-state index < -0.39 is 6.09 Å². The zero-order valence-corrected chi connectivity index (χ0v) is 13.1. The molecule has 6 heteroatoms. The summed E-state index contributed by atoms with van der Waals surface area (Å²) in [5.74, 6) is 0. The van der Waals surface area contributed by atoms with Gasteiger partial charge < -0.3 is 5.32 Å². The van der Waals surface area contributed by atoms with E-state index in [9.17, 15) is 4.79 Å². The number of hydrogen-bond acceptors (Lipinski definition) is 4. The molecular formula is C13H19ClN2O2S. The Hall–Kier alpha value is -1.20. The number of nitrogens with one attached hydrogen (secondary N) is 1. The van der Waals surface area contributed by atoms with Crippen molar-refractivity contribution in [2.24, 2.45) is 5.16 Å². The summed E-state index contributed by atoms with van der Waals surface area (Å²) in [6.45, 7) is 3.96. The topological polar surface area (TPSA) is 50.7 Å². The van der Waals surface area contributed by atoms with Gasteiger partial charge in [-0.3, -0.25) is 4.84 Å². The van der Waals surface area contributed by atoms with Gasteiger partial charge in [0.25, 0.3) is 0 Å². The van der Waals surface area contributed by atoms with Crippen LogP contribution in [0.2, 0.25) is 5.02 Å². The van der Waals surface area contributed by atoms with Gasteiger partial charge in [-0.2, -0.15) is 11.8 Å². The molecule has 1 aromatic rings. The first-order chi connectivity index (χ1) is 8.91. The highest BCUT2D eigenvalue weighted by atomic mass is 35.5. The predicted octanol–water partition coefficient (Wildman–Crippen LogP) is 3.81. The lowest BCUT2D eigenvalue weighted by Crippen LogP contribution is -2.19. The standard InChI is InChI=1S/C7H14N2O2S.C6H5Cl/c1-7(2,12-4)5-9-11-6(10)8-3;7-6-4-2-1-3-5-6/h5H,1-4H3,(H,8,10);1-5H/b9-5+;. The Morgan fingerprint density at radius 1 is 1.42 bits per heavy atom. The smallest absolute Gasteiger partial charge is 0.323 e. The molecule has 0 spiro atoms. The first kappa shape index (κ1) is 17.8. The largest absolute Gasteiger partial charge is 0.433 e. The summed E-state index contributed by atoms with van der Waals surface area (Å²) in [5.41, 5.74) is 0. The zero-order valence-electron chi connectivity index (χ0n) is 11.5. The second-order valence-electron chi connectivity index (χ2n) is 3.97. The molecule has 0 bridgehead atoms. The van der Waals surface area contributed by atoms with E-state index in [1.54, 1.807) is 18.0 Å². The SMILES string of the molecule is CNC(=O)O/N=C/C(C)(C)SC.Clc1ccccc1. The Labute approximate surface area is 123 Å². The third-order valence-electron chi connectivity index (χ3n) is 1.96. The van der Waals surface area contributed by atoms with E-state index in [-0.39, 0.29) is 4.75 Å². The molecule has 1 rings (SSSR count). The van der Waals surface area contributed by atoms with Gasteiger partial charge in [0, 0.05) is 16.8 Å². The van der Waals surface area contributed by atoms with Crippen LogP contribution in [-0.2, 0) is 4.84 Å². The molecule has 1 amide bonds. The van der Waals surface area contributed by atoms with Crippen LogP contribution in [0.1, 0.15) is 13.8 Å². The molecule has 0 atom stereocenters. The lowest BCUT2D eigenvalue weighted by molar-refractivity contribution is 0.153. The van der Waals surface area contributed by atoms with Crippen LogP contribution in [-0.4, -0.2) is 30.4 Å². The molecular weight excluding hydrogens is 284 g/mol. The lowest BCUT2D eigenvalue weighted by atomic mass is 10.2. The molecule has 0 aliphatic heterocycles. The van der Waals surface area contributed by atoms with E-state index in [1.807, 2.05) is 50.4 Å². The van der Waals surface area contributed by atoms with Crippen LogP contribution >= 0.6 is 23.4 Å². The number of hydrogen-bond donors (Lipinski definition) is 1. The van der Waals surface area contributed by atoms with Crippen LogP contribution in [0, 0.1) is 0 Å². The van der Waals surface area contributed by atoms with Crippen molar-refractivity contribution in [1.29, 1.82) is 0 Å². The summed E-state index contributed by atoms with van der Waals surface area (Å²) >= 11 is 7.17. The van der Waals surface area contributed by atoms with Gasteiger partial charge in [-0.15, -0.1) is 0 Å². The number of carbonyl (C=O) groups is 1. The molecule has 0 saturated heterocycles. The molecule has 0 radical (unpaired) electrons. The summed E-state index contributed by atoms with van der Waals surface area (Å²) < 4.78 is -0.103. The van der Waals surface area contributed by atoms with E-state index >= 15 is 0 Å². The summed E-state index contributed by atoms with van der Waals surface area (Å²) in [5, 5.41) is 6.61. The van der Waals surface area contributed by atoms with Crippen molar-refractivity contribution in [2.45, 2.75) is 18.6 Å². The highest BCUT2D eigenvalue weighted by Gasteiger charge is 2.12. The minimum Gasteiger partial charge on any atom is -0.323 e. The number of benzene rings is 1. The molecule has 4 nitrogen and oxygen atoms in total. The van der Waals surface area contributed by atoms with Gasteiger partial charge in [0.05, 0.1) is 6.21 Å². The Kier molecular flexibility index (Phi) is 9.08. The van der Waals surface area contributed by atoms with Crippen LogP contribution in [0.3, 0.4) is 0 Å². The van der Waals surface area contributed by atoms with Crippen LogP contribution in [0.15, 0.2) is 35.5 Å². The van der Waals surface area contributed by atoms with Gasteiger partial charge in [-0.1, -0.05) is 35.0 Å². The minimum absolute atomic E-state index is 0.103. The molecule has 0 aliphatic carbocycles. The number of thioether (sulfide) groups is 1. The van der Waals surface area contributed by atoms with Gasteiger partial charge >= 0.3 is 6.09 Å². The molecule has 1 N–H and O–H groups in total. The highest BCUT2D eigenvalue weighted by molar-refractivity contribution is 8.00. The van der Waals surface area contributed by atoms with E-state index in [4.69, 9.17) is 11.6 Å². The Bertz CT molecular complexity index is 397. The average Bonchev–Trinajstić information content (AvgIpc) is 2.40. The number of nitrogens with zero attached hydrogens (tertiary/aromatic N) is 1. The first-order valence-electron chi connectivity index (χ1n) is 5.60. The molecule has 0 heterocycles. The van der Waals surface area contributed by atoms with E-state index in [2.05, 4.69) is 15.3 Å². The molecule has 106 valence electrons. The van der Waals surface area contributed by atoms with Crippen molar-refractivity contribution in [2.75, 3.05) is 13.3 Å². The van der Waals surface area contributed by atoms with Crippen molar-refractivity contribution in [3.8, 4) is 0 Å². The average molecular weight is 303 g/mol. The predicted molar refractivity (Wildman–Crippen MR) is 83.1 cm³/mol.